The van der Waals surface area contributed by atoms with Gasteiger partial charge in [-0.3, -0.25) is 10.8 Å². The lowest BCUT2D eigenvalue weighted by Crippen LogP contribution is -2.30. The average Bonchev–Trinajstić information content (AvgIpc) is 2.52. The van der Waals surface area contributed by atoms with Gasteiger partial charge < -0.3 is 0 Å². The van der Waals surface area contributed by atoms with Gasteiger partial charge in [0.15, 0.2) is 11.6 Å². The van der Waals surface area contributed by atoms with E-state index in [0.29, 0.717) is 5.69 Å². The molecule has 1 aromatic heterocycles. The molecule has 3 nitrogen and oxygen atoms in total. The maximum absolute atomic E-state index is 13.9. The van der Waals surface area contributed by atoms with Gasteiger partial charge in [-0.1, -0.05) is 36.4 Å². The zero-order valence-electron chi connectivity index (χ0n) is 11.1. The lowest BCUT2D eigenvalue weighted by molar-refractivity contribution is 0.481. The second kappa shape index (κ2) is 5.55. The second-order valence-corrected chi connectivity index (χ2v) is 4.67. The van der Waals surface area contributed by atoms with E-state index in [1.54, 1.807) is 6.07 Å². The van der Waals surface area contributed by atoms with Crippen molar-refractivity contribution in [2.24, 2.45) is 5.84 Å². The van der Waals surface area contributed by atoms with Gasteiger partial charge in [-0.25, -0.2) is 14.2 Å². The minimum atomic E-state index is -0.921. The minimum absolute atomic E-state index is 0.125. The molecule has 0 fully saturated rings. The summed E-state index contributed by atoms with van der Waals surface area (Å²) in [5.41, 5.74) is 3.92. The smallest absolute Gasteiger partial charge is 0.164 e. The lowest BCUT2D eigenvalue weighted by atomic mass is 10.0. The first-order valence-electron chi connectivity index (χ1n) is 6.46. The first kappa shape index (κ1) is 13.6. The van der Waals surface area contributed by atoms with Crippen molar-refractivity contribution in [1.29, 1.82) is 0 Å². The van der Waals surface area contributed by atoms with E-state index in [1.165, 1.54) is 12.1 Å². The zero-order valence-corrected chi connectivity index (χ0v) is 11.1. The van der Waals surface area contributed by atoms with Crippen LogP contribution >= 0.6 is 0 Å². The second-order valence-electron chi connectivity index (χ2n) is 4.67. The van der Waals surface area contributed by atoms with Crippen LogP contribution in [0.4, 0.5) is 8.78 Å². The van der Waals surface area contributed by atoms with Gasteiger partial charge in [0, 0.05) is 10.9 Å². The van der Waals surface area contributed by atoms with E-state index in [0.717, 1.165) is 17.0 Å². The summed E-state index contributed by atoms with van der Waals surface area (Å²) in [6, 6.07) is 14.5. The van der Waals surface area contributed by atoms with Crippen LogP contribution in [0.3, 0.4) is 0 Å². The Labute approximate surface area is 120 Å². The van der Waals surface area contributed by atoms with E-state index < -0.39 is 17.7 Å². The zero-order chi connectivity index (χ0) is 14.8. The largest absolute Gasteiger partial charge is 0.271 e. The van der Waals surface area contributed by atoms with E-state index in [-0.39, 0.29) is 5.56 Å². The van der Waals surface area contributed by atoms with Crippen molar-refractivity contribution in [3.8, 4) is 0 Å². The summed E-state index contributed by atoms with van der Waals surface area (Å²) in [5, 5.41) is 0.969. The average molecular weight is 285 g/mol. The Morgan fingerprint density at radius 3 is 2.57 bits per heavy atom. The Hall–Kier alpha value is -2.37. The third-order valence-electron chi connectivity index (χ3n) is 3.37. The van der Waals surface area contributed by atoms with Crippen LogP contribution in [0.5, 0.6) is 0 Å². The van der Waals surface area contributed by atoms with Gasteiger partial charge in [0.05, 0.1) is 17.3 Å². The Morgan fingerprint density at radius 2 is 1.76 bits per heavy atom. The SMILES string of the molecule is NNC(c1ccc2ccccc2n1)c1cccc(F)c1F. The van der Waals surface area contributed by atoms with Crippen LogP contribution in [0, 0.1) is 11.6 Å². The molecule has 1 atom stereocenters. The van der Waals surface area contributed by atoms with Gasteiger partial charge in [-0.05, 0) is 18.2 Å². The molecule has 0 saturated heterocycles. The van der Waals surface area contributed by atoms with Crippen molar-refractivity contribution in [1.82, 2.24) is 10.4 Å². The van der Waals surface area contributed by atoms with E-state index in [1.807, 2.05) is 30.3 Å². The molecular formula is C16H13F2N3. The highest BCUT2D eigenvalue weighted by Gasteiger charge is 2.20. The van der Waals surface area contributed by atoms with Crippen molar-refractivity contribution in [2.45, 2.75) is 6.04 Å². The predicted molar refractivity (Wildman–Crippen MR) is 77.3 cm³/mol. The summed E-state index contributed by atoms with van der Waals surface area (Å²) < 4.78 is 27.3. The molecule has 0 bridgehead atoms. The highest BCUT2D eigenvalue weighted by atomic mass is 19.2. The standard InChI is InChI=1S/C16H13F2N3/c17-12-6-3-5-11(15(12)18)16(21-19)14-9-8-10-4-1-2-7-13(10)20-14/h1-9,16,21H,19H2. The molecule has 0 radical (unpaired) electrons. The number of benzene rings is 2. The Kier molecular flexibility index (Phi) is 3.60. The first-order chi connectivity index (χ1) is 10.2. The van der Waals surface area contributed by atoms with E-state index in [4.69, 9.17) is 5.84 Å². The van der Waals surface area contributed by atoms with Gasteiger partial charge in [0.1, 0.15) is 0 Å². The number of hydrazine groups is 1. The fourth-order valence-corrected chi connectivity index (χ4v) is 2.32. The van der Waals surface area contributed by atoms with Crippen LogP contribution in [0.25, 0.3) is 10.9 Å². The van der Waals surface area contributed by atoms with Crippen LogP contribution in [0.2, 0.25) is 0 Å². The highest BCUT2D eigenvalue weighted by Crippen LogP contribution is 2.25. The Balaban J connectivity index is 2.11. The molecule has 1 unspecified atom stereocenters. The Bertz CT molecular complexity index is 789. The fourth-order valence-electron chi connectivity index (χ4n) is 2.32. The number of nitrogens with zero attached hydrogens (tertiary/aromatic N) is 1. The number of para-hydroxylation sites is 1. The van der Waals surface area contributed by atoms with Crippen molar-refractivity contribution in [3.63, 3.8) is 0 Å². The maximum atomic E-state index is 13.9. The van der Waals surface area contributed by atoms with Gasteiger partial charge in [-0.2, -0.15) is 0 Å². The molecule has 0 spiro atoms. The maximum Gasteiger partial charge on any atom is 0.164 e. The predicted octanol–water partition coefficient (Wildman–Crippen LogP) is 3.07. The molecule has 3 aromatic rings. The number of hydrogen-bond acceptors (Lipinski definition) is 3. The molecule has 0 aliphatic carbocycles. The molecule has 1 heterocycles. The summed E-state index contributed by atoms with van der Waals surface area (Å²) in [7, 11) is 0. The summed E-state index contributed by atoms with van der Waals surface area (Å²) in [4.78, 5) is 4.46. The highest BCUT2D eigenvalue weighted by molar-refractivity contribution is 5.78. The van der Waals surface area contributed by atoms with Gasteiger partial charge in [-0.15, -0.1) is 0 Å². The van der Waals surface area contributed by atoms with Crippen LogP contribution in [0.1, 0.15) is 17.3 Å². The summed E-state index contributed by atoms with van der Waals surface area (Å²) in [5.74, 6) is 3.69. The van der Waals surface area contributed by atoms with Gasteiger partial charge in [0.2, 0.25) is 0 Å². The number of nitrogens with one attached hydrogen (secondary N) is 1. The molecule has 0 aliphatic rings. The lowest BCUT2D eigenvalue weighted by Gasteiger charge is -2.17. The van der Waals surface area contributed by atoms with E-state index in [9.17, 15) is 8.78 Å². The van der Waals surface area contributed by atoms with Crippen LogP contribution < -0.4 is 11.3 Å². The molecule has 5 heteroatoms. The van der Waals surface area contributed by atoms with Crippen molar-refractivity contribution in [2.75, 3.05) is 0 Å². The van der Waals surface area contributed by atoms with Gasteiger partial charge in [0.25, 0.3) is 0 Å². The third-order valence-corrected chi connectivity index (χ3v) is 3.37. The van der Waals surface area contributed by atoms with Crippen molar-refractivity contribution < 1.29 is 8.78 Å². The summed E-state index contributed by atoms with van der Waals surface area (Å²) in [6.45, 7) is 0. The number of aromatic nitrogens is 1. The number of rotatable bonds is 3. The number of fused-ring (bicyclic) bond motifs is 1. The quantitative estimate of drug-likeness (QED) is 0.574. The van der Waals surface area contributed by atoms with Crippen LogP contribution in [-0.4, -0.2) is 4.98 Å². The molecule has 3 N–H and O–H groups in total. The minimum Gasteiger partial charge on any atom is -0.271 e. The number of pyridine rings is 1. The Morgan fingerprint density at radius 1 is 0.952 bits per heavy atom. The van der Waals surface area contributed by atoms with Crippen molar-refractivity contribution >= 4 is 10.9 Å². The normalized spacial score (nSPS) is 12.5. The topological polar surface area (TPSA) is 50.9 Å². The van der Waals surface area contributed by atoms with Crippen LogP contribution in [0.15, 0.2) is 54.6 Å². The monoisotopic (exact) mass is 285 g/mol. The summed E-state index contributed by atoms with van der Waals surface area (Å²) in [6.07, 6.45) is 0. The van der Waals surface area contributed by atoms with Gasteiger partial charge >= 0.3 is 0 Å². The molecule has 21 heavy (non-hydrogen) atoms. The molecule has 2 aromatic carbocycles. The fraction of sp³-hybridized carbons (Fsp3) is 0.0625. The van der Waals surface area contributed by atoms with E-state index in [2.05, 4.69) is 10.4 Å². The van der Waals surface area contributed by atoms with Crippen LogP contribution in [-0.2, 0) is 0 Å². The molecule has 0 aliphatic heterocycles. The van der Waals surface area contributed by atoms with Crippen molar-refractivity contribution in [3.05, 3.63) is 77.5 Å². The molecular weight excluding hydrogens is 272 g/mol. The molecule has 0 amide bonds. The molecule has 106 valence electrons. The number of nitrogens with two attached hydrogens (primary N) is 1. The summed E-state index contributed by atoms with van der Waals surface area (Å²) >= 11 is 0. The molecule has 0 saturated carbocycles. The first-order valence-corrected chi connectivity index (χ1v) is 6.46. The third kappa shape index (κ3) is 2.49. The van der Waals surface area contributed by atoms with E-state index >= 15 is 0 Å². The number of hydrogen-bond donors (Lipinski definition) is 2. The molecule has 3 rings (SSSR count). The number of halogens is 2.